The molecule has 1 aliphatic rings. The van der Waals surface area contributed by atoms with Crippen LogP contribution in [0.25, 0.3) is 0 Å². The van der Waals surface area contributed by atoms with Crippen molar-refractivity contribution in [3.63, 3.8) is 0 Å². The lowest BCUT2D eigenvalue weighted by molar-refractivity contribution is 0.0423. The molecule has 2 nitrogen and oxygen atoms in total. The molecule has 0 spiro atoms. The fraction of sp³-hybridized carbons (Fsp3) is 1.00. The summed E-state index contributed by atoms with van der Waals surface area (Å²) in [5, 5.41) is 2.91. The van der Waals surface area contributed by atoms with Crippen molar-refractivity contribution < 1.29 is 8.78 Å². The summed E-state index contributed by atoms with van der Waals surface area (Å²) >= 11 is 0. The highest BCUT2D eigenvalue weighted by molar-refractivity contribution is 4.98. The minimum atomic E-state index is -2.27. The number of rotatable bonds is 5. The fourth-order valence-electron chi connectivity index (χ4n) is 1.81. The summed E-state index contributed by atoms with van der Waals surface area (Å²) in [6.07, 6.45) is 1.17. The standard InChI is InChI=1S/C10H20F2N2/c1-8(9(11)12)13-7-10(14(2)3)5-4-6-10/h8-9,13H,4-7H2,1-3H3. The summed E-state index contributed by atoms with van der Waals surface area (Å²) in [6, 6.07) is -0.701. The molecule has 1 atom stereocenters. The van der Waals surface area contributed by atoms with Gasteiger partial charge in [0.2, 0.25) is 0 Å². The van der Waals surface area contributed by atoms with Crippen molar-refractivity contribution in [3.05, 3.63) is 0 Å². The summed E-state index contributed by atoms with van der Waals surface area (Å²) in [6.45, 7) is 2.21. The third-order valence-electron chi connectivity index (χ3n) is 3.36. The molecule has 1 unspecified atom stereocenters. The molecule has 0 heterocycles. The predicted octanol–water partition coefficient (Wildman–Crippen LogP) is 1.71. The van der Waals surface area contributed by atoms with Crippen molar-refractivity contribution >= 4 is 0 Å². The lowest BCUT2D eigenvalue weighted by atomic mass is 9.75. The van der Waals surface area contributed by atoms with E-state index < -0.39 is 12.5 Å². The zero-order chi connectivity index (χ0) is 10.8. The predicted molar refractivity (Wildman–Crippen MR) is 53.7 cm³/mol. The van der Waals surface area contributed by atoms with Gasteiger partial charge in [0.05, 0.1) is 6.04 Å². The first kappa shape index (κ1) is 11.9. The third-order valence-corrected chi connectivity index (χ3v) is 3.36. The van der Waals surface area contributed by atoms with E-state index in [4.69, 9.17) is 0 Å². The van der Waals surface area contributed by atoms with E-state index in [-0.39, 0.29) is 5.54 Å². The van der Waals surface area contributed by atoms with Gasteiger partial charge in [-0.3, -0.25) is 0 Å². The zero-order valence-corrected chi connectivity index (χ0v) is 9.19. The number of halogens is 2. The van der Waals surface area contributed by atoms with Crippen LogP contribution in [0, 0.1) is 0 Å². The first-order valence-electron chi connectivity index (χ1n) is 5.17. The van der Waals surface area contributed by atoms with E-state index in [0.29, 0.717) is 6.54 Å². The van der Waals surface area contributed by atoms with Gasteiger partial charge in [-0.1, -0.05) is 0 Å². The molecule has 0 radical (unpaired) electrons. The van der Waals surface area contributed by atoms with E-state index in [1.807, 2.05) is 14.1 Å². The minimum absolute atomic E-state index is 0.128. The van der Waals surface area contributed by atoms with Crippen LogP contribution >= 0.6 is 0 Å². The Bertz CT molecular complexity index is 179. The Morgan fingerprint density at radius 3 is 2.21 bits per heavy atom. The molecular formula is C10H20F2N2. The van der Waals surface area contributed by atoms with Gasteiger partial charge in [0.25, 0.3) is 6.43 Å². The SMILES string of the molecule is CC(NCC1(N(C)C)CCC1)C(F)F. The van der Waals surface area contributed by atoms with Crippen LogP contribution in [-0.4, -0.2) is 43.5 Å². The van der Waals surface area contributed by atoms with E-state index >= 15 is 0 Å². The second kappa shape index (κ2) is 4.53. The molecule has 0 aromatic rings. The first-order chi connectivity index (χ1) is 6.48. The zero-order valence-electron chi connectivity index (χ0n) is 9.19. The number of likely N-dealkylation sites (N-methyl/N-ethyl adjacent to an activating group) is 1. The van der Waals surface area contributed by atoms with Crippen LogP contribution in [0.15, 0.2) is 0 Å². The largest absolute Gasteiger partial charge is 0.307 e. The smallest absolute Gasteiger partial charge is 0.253 e. The summed E-state index contributed by atoms with van der Waals surface area (Å²) in [5.74, 6) is 0. The molecule has 0 amide bonds. The van der Waals surface area contributed by atoms with Crippen LogP contribution in [-0.2, 0) is 0 Å². The van der Waals surface area contributed by atoms with Crippen LogP contribution < -0.4 is 5.32 Å². The first-order valence-corrected chi connectivity index (χ1v) is 5.17. The monoisotopic (exact) mass is 206 g/mol. The number of hydrogen-bond acceptors (Lipinski definition) is 2. The van der Waals surface area contributed by atoms with Crippen LogP contribution in [0.1, 0.15) is 26.2 Å². The van der Waals surface area contributed by atoms with Gasteiger partial charge in [0.1, 0.15) is 0 Å². The number of nitrogens with one attached hydrogen (secondary N) is 1. The highest BCUT2D eigenvalue weighted by Crippen LogP contribution is 2.35. The molecule has 1 aliphatic carbocycles. The maximum atomic E-state index is 12.3. The lowest BCUT2D eigenvalue weighted by Crippen LogP contribution is -2.58. The van der Waals surface area contributed by atoms with E-state index in [2.05, 4.69) is 10.2 Å². The Morgan fingerprint density at radius 1 is 1.36 bits per heavy atom. The molecule has 14 heavy (non-hydrogen) atoms. The van der Waals surface area contributed by atoms with E-state index in [1.54, 1.807) is 0 Å². The van der Waals surface area contributed by atoms with E-state index in [1.165, 1.54) is 13.3 Å². The van der Waals surface area contributed by atoms with Gasteiger partial charge in [0, 0.05) is 12.1 Å². The maximum absolute atomic E-state index is 12.3. The molecule has 1 saturated carbocycles. The Balaban J connectivity index is 2.35. The molecule has 1 N–H and O–H groups in total. The average molecular weight is 206 g/mol. The summed E-state index contributed by atoms with van der Waals surface area (Å²) in [7, 11) is 4.04. The molecule has 4 heteroatoms. The van der Waals surface area contributed by atoms with Crippen molar-refractivity contribution in [1.82, 2.24) is 10.2 Å². The summed E-state index contributed by atoms with van der Waals surface area (Å²) in [5.41, 5.74) is 0.128. The van der Waals surface area contributed by atoms with Crippen molar-refractivity contribution in [1.29, 1.82) is 0 Å². The fourth-order valence-corrected chi connectivity index (χ4v) is 1.81. The Hall–Kier alpha value is -0.220. The van der Waals surface area contributed by atoms with Crippen molar-refractivity contribution in [2.45, 2.75) is 44.2 Å². The molecule has 0 aromatic carbocycles. The van der Waals surface area contributed by atoms with Gasteiger partial charge < -0.3 is 10.2 Å². The molecule has 0 aliphatic heterocycles. The molecular weight excluding hydrogens is 186 g/mol. The summed E-state index contributed by atoms with van der Waals surface area (Å²) < 4.78 is 24.5. The molecule has 1 fully saturated rings. The number of nitrogens with zero attached hydrogens (tertiary/aromatic N) is 1. The highest BCUT2D eigenvalue weighted by atomic mass is 19.3. The normalized spacial score (nSPS) is 22.5. The van der Waals surface area contributed by atoms with Gasteiger partial charge in [0.15, 0.2) is 0 Å². The van der Waals surface area contributed by atoms with Crippen LogP contribution in [0.4, 0.5) is 8.78 Å². The summed E-state index contributed by atoms with van der Waals surface area (Å²) in [4.78, 5) is 2.15. The van der Waals surface area contributed by atoms with Gasteiger partial charge in [-0.25, -0.2) is 8.78 Å². The van der Waals surface area contributed by atoms with Crippen LogP contribution in [0.2, 0.25) is 0 Å². The van der Waals surface area contributed by atoms with Gasteiger partial charge >= 0.3 is 0 Å². The lowest BCUT2D eigenvalue weighted by Gasteiger charge is -2.48. The Morgan fingerprint density at radius 2 is 1.93 bits per heavy atom. The van der Waals surface area contributed by atoms with E-state index in [9.17, 15) is 8.78 Å². The van der Waals surface area contributed by atoms with Crippen LogP contribution in [0.3, 0.4) is 0 Å². The van der Waals surface area contributed by atoms with Gasteiger partial charge in [-0.2, -0.15) is 0 Å². The quantitative estimate of drug-likeness (QED) is 0.736. The highest BCUT2D eigenvalue weighted by Gasteiger charge is 2.39. The second-order valence-electron chi connectivity index (χ2n) is 4.48. The topological polar surface area (TPSA) is 15.3 Å². The van der Waals surface area contributed by atoms with Crippen molar-refractivity contribution in [2.24, 2.45) is 0 Å². The molecule has 84 valence electrons. The average Bonchev–Trinajstić information content (AvgIpc) is 2.00. The third kappa shape index (κ3) is 2.42. The van der Waals surface area contributed by atoms with Crippen molar-refractivity contribution in [2.75, 3.05) is 20.6 Å². The molecule has 0 saturated heterocycles. The minimum Gasteiger partial charge on any atom is -0.307 e. The Kier molecular flexibility index (Phi) is 3.84. The molecule has 0 aromatic heterocycles. The molecule has 0 bridgehead atoms. The van der Waals surface area contributed by atoms with Crippen molar-refractivity contribution in [3.8, 4) is 0 Å². The number of alkyl halides is 2. The van der Waals surface area contributed by atoms with Crippen LogP contribution in [0.5, 0.6) is 0 Å². The van der Waals surface area contributed by atoms with E-state index in [0.717, 1.165) is 12.8 Å². The van der Waals surface area contributed by atoms with Gasteiger partial charge in [-0.05, 0) is 40.3 Å². The Labute approximate surface area is 84.7 Å². The second-order valence-corrected chi connectivity index (χ2v) is 4.48. The number of hydrogen-bond donors (Lipinski definition) is 1. The molecule has 1 rings (SSSR count). The van der Waals surface area contributed by atoms with Gasteiger partial charge in [-0.15, -0.1) is 0 Å². The maximum Gasteiger partial charge on any atom is 0.253 e.